The first-order chi connectivity index (χ1) is 23.6. The standard InChI is InChI=1S/C40H56O10/c1-9-31(46-8)26(4)36-37(49-36)34-30(22-28-15-11-10-12-16-28)38(44)50-40(34,7)20-13-14-24(2)35-25(3)17-18-32(47-27(5)41)39(6,45)21-19-29(42)23-33(43)48-35/h10-18,20,25-26,29-32,34-37,42,45H,9,19,21-23H2,1-8H3/t25-,26+,29+,30?,31-,32-,34?,35?,36+,37+,39+,40?/m0/s1. The van der Waals surface area contributed by atoms with Gasteiger partial charge in [-0.1, -0.05) is 69.3 Å². The highest BCUT2D eigenvalue weighted by molar-refractivity contribution is 5.77. The number of aliphatic hydroxyl groups is 2. The third kappa shape index (κ3) is 9.72. The van der Waals surface area contributed by atoms with Crippen LogP contribution in [0.1, 0.15) is 79.7 Å². The lowest BCUT2D eigenvalue weighted by atomic mass is 9.74. The molecule has 1 aromatic carbocycles. The topological polar surface area (TPSA) is 141 Å². The van der Waals surface area contributed by atoms with Crippen LogP contribution in [0.5, 0.6) is 0 Å². The van der Waals surface area contributed by atoms with Crippen LogP contribution in [0.25, 0.3) is 0 Å². The van der Waals surface area contributed by atoms with Crippen molar-refractivity contribution < 1.29 is 48.3 Å². The van der Waals surface area contributed by atoms with Gasteiger partial charge in [-0.15, -0.1) is 0 Å². The van der Waals surface area contributed by atoms with Gasteiger partial charge in [-0.05, 0) is 69.7 Å². The molecule has 0 aromatic heterocycles. The number of hydrogen-bond acceptors (Lipinski definition) is 10. The van der Waals surface area contributed by atoms with E-state index in [0.29, 0.717) is 12.0 Å². The van der Waals surface area contributed by atoms with E-state index in [1.807, 2.05) is 69.3 Å². The maximum Gasteiger partial charge on any atom is 0.310 e. The largest absolute Gasteiger partial charge is 0.457 e. The second-order valence-corrected chi connectivity index (χ2v) is 14.7. The normalized spacial score (nSPS) is 36.6. The lowest BCUT2D eigenvalue weighted by molar-refractivity contribution is -0.157. The zero-order chi connectivity index (χ0) is 36.8. The van der Waals surface area contributed by atoms with Crippen molar-refractivity contribution in [2.24, 2.45) is 23.7 Å². The average molecular weight is 697 g/mol. The molecular formula is C40H56O10. The molecule has 0 amide bonds. The van der Waals surface area contributed by atoms with Crippen molar-refractivity contribution in [1.82, 2.24) is 0 Å². The molecule has 10 nitrogen and oxygen atoms in total. The van der Waals surface area contributed by atoms with Gasteiger partial charge in [0.1, 0.15) is 23.4 Å². The molecule has 2 saturated heterocycles. The van der Waals surface area contributed by atoms with E-state index in [-0.39, 0.29) is 61.3 Å². The molecule has 276 valence electrons. The van der Waals surface area contributed by atoms with Gasteiger partial charge < -0.3 is 33.9 Å². The summed E-state index contributed by atoms with van der Waals surface area (Å²) in [5.74, 6) is -2.29. The van der Waals surface area contributed by atoms with Gasteiger partial charge >= 0.3 is 17.9 Å². The van der Waals surface area contributed by atoms with E-state index in [0.717, 1.165) is 12.0 Å². The number of rotatable bonds is 11. The molecule has 10 heteroatoms. The molecule has 12 atom stereocenters. The summed E-state index contributed by atoms with van der Waals surface area (Å²) in [5, 5.41) is 21.7. The predicted molar refractivity (Wildman–Crippen MR) is 188 cm³/mol. The van der Waals surface area contributed by atoms with Crippen LogP contribution in [-0.2, 0) is 44.5 Å². The zero-order valence-electron chi connectivity index (χ0n) is 30.7. The van der Waals surface area contributed by atoms with E-state index >= 15 is 0 Å². The molecule has 0 saturated carbocycles. The van der Waals surface area contributed by atoms with Crippen molar-refractivity contribution in [1.29, 1.82) is 0 Å². The van der Waals surface area contributed by atoms with Crippen LogP contribution in [-0.4, -0.2) is 83.1 Å². The van der Waals surface area contributed by atoms with Crippen LogP contribution in [0.4, 0.5) is 0 Å². The Labute approximate surface area is 296 Å². The molecule has 4 rings (SSSR count). The minimum absolute atomic E-state index is 0.0317. The summed E-state index contributed by atoms with van der Waals surface area (Å²) in [6.45, 7) is 12.6. The number of esters is 3. The molecule has 0 radical (unpaired) electrons. The molecular weight excluding hydrogens is 640 g/mol. The quantitative estimate of drug-likeness (QED) is 0.101. The summed E-state index contributed by atoms with van der Waals surface area (Å²) in [5.41, 5.74) is -0.671. The van der Waals surface area contributed by atoms with Crippen LogP contribution in [0.3, 0.4) is 0 Å². The fourth-order valence-corrected chi connectivity index (χ4v) is 7.61. The van der Waals surface area contributed by atoms with Gasteiger partial charge in [-0.2, -0.15) is 0 Å². The van der Waals surface area contributed by atoms with E-state index in [1.54, 1.807) is 26.2 Å². The number of aliphatic hydroxyl groups excluding tert-OH is 1. The third-order valence-electron chi connectivity index (χ3n) is 10.6. The number of benzene rings is 1. The van der Waals surface area contributed by atoms with E-state index in [9.17, 15) is 24.6 Å². The van der Waals surface area contributed by atoms with Gasteiger partial charge in [0.2, 0.25) is 0 Å². The Hall–Kier alpha value is -3.31. The summed E-state index contributed by atoms with van der Waals surface area (Å²) in [7, 11) is 1.71. The van der Waals surface area contributed by atoms with Crippen LogP contribution in [0.2, 0.25) is 0 Å². The zero-order valence-corrected chi connectivity index (χ0v) is 30.7. The van der Waals surface area contributed by atoms with Gasteiger partial charge in [0.25, 0.3) is 0 Å². The number of carbonyl (C=O) groups is 3. The number of allylic oxidation sites excluding steroid dienone is 2. The number of epoxide rings is 1. The Balaban J connectivity index is 1.62. The maximum atomic E-state index is 13.5. The van der Waals surface area contributed by atoms with Crippen molar-refractivity contribution in [3.05, 3.63) is 71.8 Å². The molecule has 50 heavy (non-hydrogen) atoms. The van der Waals surface area contributed by atoms with Crippen molar-refractivity contribution in [3.63, 3.8) is 0 Å². The molecule has 1 aromatic rings. The molecule has 3 aliphatic rings. The first-order valence-corrected chi connectivity index (χ1v) is 17.9. The highest BCUT2D eigenvalue weighted by Crippen LogP contribution is 2.51. The number of hydrogen-bond donors (Lipinski definition) is 2. The monoisotopic (exact) mass is 696 g/mol. The summed E-state index contributed by atoms with van der Waals surface area (Å²) in [4.78, 5) is 38.3. The Morgan fingerprint density at radius 2 is 1.84 bits per heavy atom. The Morgan fingerprint density at radius 3 is 2.48 bits per heavy atom. The van der Waals surface area contributed by atoms with Gasteiger partial charge in [-0.25, -0.2) is 0 Å². The SMILES string of the molecule is CC[C@H](OC)[C@@H](C)[C@H]1O[C@@H]1C1C(Cc2ccccc2)C(=O)OC1(C)C=CC=C(C)C1OC(=O)C[C@H](O)CC[C@@](C)(O)[C@@H](OC(C)=O)C=C[C@@H]1C. The van der Waals surface area contributed by atoms with E-state index in [2.05, 4.69) is 13.8 Å². The number of methoxy groups -OCH3 is 1. The lowest BCUT2D eigenvalue weighted by Gasteiger charge is -2.32. The third-order valence-corrected chi connectivity index (χ3v) is 10.6. The van der Waals surface area contributed by atoms with Gasteiger partial charge in [0.05, 0.1) is 36.8 Å². The average Bonchev–Trinajstić information content (AvgIpc) is 3.80. The summed E-state index contributed by atoms with van der Waals surface area (Å²) < 4.78 is 29.6. The van der Waals surface area contributed by atoms with Crippen LogP contribution in [0.15, 0.2) is 66.3 Å². The molecule has 2 fully saturated rings. The minimum atomic E-state index is -1.46. The second-order valence-electron chi connectivity index (χ2n) is 14.7. The Bertz CT molecular complexity index is 1410. The van der Waals surface area contributed by atoms with Crippen molar-refractivity contribution in [2.75, 3.05) is 7.11 Å². The first kappa shape index (κ1) is 39.5. The van der Waals surface area contributed by atoms with Gasteiger partial charge in [0.15, 0.2) is 0 Å². The van der Waals surface area contributed by atoms with E-state index in [4.69, 9.17) is 23.7 Å². The van der Waals surface area contributed by atoms with Gasteiger partial charge in [-0.3, -0.25) is 14.4 Å². The fourth-order valence-electron chi connectivity index (χ4n) is 7.61. The Kier molecular flexibility index (Phi) is 13.3. The molecule has 3 heterocycles. The highest BCUT2D eigenvalue weighted by Gasteiger charge is 2.63. The first-order valence-electron chi connectivity index (χ1n) is 17.9. The number of carbonyl (C=O) groups excluding carboxylic acids is 3. The smallest absolute Gasteiger partial charge is 0.310 e. The summed E-state index contributed by atoms with van der Waals surface area (Å²) in [6, 6.07) is 9.91. The lowest BCUT2D eigenvalue weighted by Crippen LogP contribution is -2.42. The summed E-state index contributed by atoms with van der Waals surface area (Å²) in [6.07, 6.45) is 7.31. The number of ether oxygens (including phenoxy) is 5. The summed E-state index contributed by atoms with van der Waals surface area (Å²) >= 11 is 0. The van der Waals surface area contributed by atoms with Crippen LogP contribution >= 0.6 is 0 Å². The molecule has 4 unspecified atom stereocenters. The molecule has 0 aliphatic carbocycles. The van der Waals surface area contributed by atoms with Crippen LogP contribution < -0.4 is 0 Å². The number of cyclic esters (lactones) is 2. The predicted octanol–water partition coefficient (Wildman–Crippen LogP) is 5.44. The Morgan fingerprint density at radius 1 is 1.14 bits per heavy atom. The minimum Gasteiger partial charge on any atom is -0.457 e. The molecule has 0 spiro atoms. The van der Waals surface area contributed by atoms with E-state index in [1.165, 1.54) is 6.92 Å². The van der Waals surface area contributed by atoms with Crippen LogP contribution in [0, 0.1) is 23.7 Å². The van der Waals surface area contributed by atoms with Crippen molar-refractivity contribution >= 4 is 17.9 Å². The molecule has 3 aliphatic heterocycles. The second kappa shape index (κ2) is 16.8. The molecule has 0 bridgehead atoms. The highest BCUT2D eigenvalue weighted by atomic mass is 16.6. The van der Waals surface area contributed by atoms with E-state index < -0.39 is 47.4 Å². The van der Waals surface area contributed by atoms with Gasteiger partial charge in [0, 0.05) is 31.8 Å². The van der Waals surface area contributed by atoms with Crippen molar-refractivity contribution in [3.8, 4) is 0 Å². The van der Waals surface area contributed by atoms with Crippen molar-refractivity contribution in [2.45, 2.75) is 128 Å². The molecule has 2 N–H and O–H groups in total. The fraction of sp³-hybridized carbons (Fsp3) is 0.625. The maximum absolute atomic E-state index is 13.5.